The van der Waals surface area contributed by atoms with Gasteiger partial charge >= 0.3 is 24.0 Å². The summed E-state index contributed by atoms with van der Waals surface area (Å²) in [7, 11) is 0. The van der Waals surface area contributed by atoms with Gasteiger partial charge in [-0.15, -0.1) is 0 Å². The Morgan fingerprint density at radius 3 is 2.10 bits per heavy atom. The van der Waals surface area contributed by atoms with Gasteiger partial charge in [0.15, 0.2) is 5.75 Å². The maximum absolute atomic E-state index is 13.3. The molecule has 1 aromatic rings. The molecule has 2 atom stereocenters. The Morgan fingerprint density at radius 1 is 1.06 bits per heavy atom. The second-order valence-corrected chi connectivity index (χ2v) is 11.3. The van der Waals surface area contributed by atoms with Gasteiger partial charge in [-0.3, -0.25) is 9.59 Å². The van der Waals surface area contributed by atoms with Crippen LogP contribution in [-0.4, -0.2) is 34.7 Å². The van der Waals surface area contributed by atoms with Crippen molar-refractivity contribution in [1.29, 1.82) is 0 Å². The van der Waals surface area contributed by atoms with Gasteiger partial charge in [0.25, 0.3) is 0 Å². The van der Waals surface area contributed by atoms with Crippen LogP contribution >= 0.6 is 45.2 Å². The molecule has 6 nitrogen and oxygen atoms in total. The summed E-state index contributed by atoms with van der Waals surface area (Å²) >= 11 is 3.79. The number of hydrogen-bond donors (Lipinski definition) is 2. The molecular weight excluding hydrogens is 645 g/mol. The van der Waals surface area contributed by atoms with Crippen molar-refractivity contribution in [2.24, 2.45) is 17.3 Å². The van der Waals surface area contributed by atoms with E-state index >= 15 is 0 Å². The monoisotopic (exact) mass is 663 g/mol. The van der Waals surface area contributed by atoms with Crippen LogP contribution in [0.4, 0.5) is 13.2 Å². The Labute approximate surface area is 202 Å². The van der Waals surface area contributed by atoms with Crippen molar-refractivity contribution >= 4 is 63.0 Å². The van der Waals surface area contributed by atoms with E-state index in [9.17, 15) is 32.7 Å². The minimum absolute atomic E-state index is 0.0508. The maximum atomic E-state index is 13.3. The normalized spacial score (nSPS) is 31.4. The summed E-state index contributed by atoms with van der Waals surface area (Å²) in [6.45, 7) is 0. The summed E-state index contributed by atoms with van der Waals surface area (Å²) in [5.74, 6) is -3.24. The van der Waals surface area contributed by atoms with E-state index in [1.165, 1.54) is 12.1 Å². The third kappa shape index (κ3) is 4.27. The third-order valence-electron chi connectivity index (χ3n) is 6.57. The van der Waals surface area contributed by atoms with Gasteiger partial charge in [-0.2, -0.15) is 13.2 Å². The van der Waals surface area contributed by atoms with Gasteiger partial charge < -0.3 is 15.2 Å². The summed E-state index contributed by atoms with van der Waals surface area (Å²) < 4.78 is 45.4. The maximum Gasteiger partial charge on any atom is 0.471 e. The van der Waals surface area contributed by atoms with Crippen molar-refractivity contribution in [1.82, 2.24) is 5.32 Å². The van der Waals surface area contributed by atoms with Crippen LogP contribution in [0.2, 0.25) is 0 Å². The molecule has 4 aliphatic rings. The summed E-state index contributed by atoms with van der Waals surface area (Å²) in [5.41, 5.74) is -1.94. The van der Waals surface area contributed by atoms with Gasteiger partial charge in [0.2, 0.25) is 0 Å². The van der Waals surface area contributed by atoms with Gasteiger partial charge in [0.1, 0.15) is 0 Å². The highest BCUT2D eigenvalue weighted by Gasteiger charge is 2.62. The Morgan fingerprint density at radius 2 is 1.61 bits per heavy atom. The van der Waals surface area contributed by atoms with E-state index in [1.54, 1.807) is 0 Å². The van der Waals surface area contributed by atoms with E-state index in [0.29, 0.717) is 32.8 Å². The van der Waals surface area contributed by atoms with Gasteiger partial charge in [-0.25, -0.2) is 4.79 Å². The van der Waals surface area contributed by atoms with Crippen LogP contribution in [0.15, 0.2) is 12.1 Å². The average Bonchev–Trinajstić information content (AvgIpc) is 2.61. The number of rotatable bonds is 4. The van der Waals surface area contributed by atoms with E-state index in [0.717, 1.165) is 6.42 Å². The Bertz CT molecular complexity index is 943. The van der Waals surface area contributed by atoms with E-state index in [-0.39, 0.29) is 29.6 Å². The standard InChI is InChI=1S/C20H18F3I2NO5/c21-20(22,23)16(29)26-19-6-9-1-10(7-19)5-18(4-9,8-19)17(30)31-14-12(24)2-11(15(27)28)3-13(14)25/h2-3,9-10H,1,4-8H2,(H,26,29)(H,27,28). The van der Waals surface area contributed by atoms with Crippen molar-refractivity contribution in [3.63, 3.8) is 0 Å². The van der Waals surface area contributed by atoms with E-state index in [2.05, 4.69) is 5.32 Å². The molecule has 1 aromatic carbocycles. The molecule has 4 fully saturated rings. The topological polar surface area (TPSA) is 92.7 Å². The molecule has 2 unspecified atom stereocenters. The fourth-order valence-corrected chi connectivity index (χ4v) is 7.93. The number of halogens is 5. The second kappa shape index (κ2) is 7.73. The van der Waals surface area contributed by atoms with Crippen LogP contribution in [0.3, 0.4) is 0 Å². The van der Waals surface area contributed by atoms with Crippen LogP contribution in [0.1, 0.15) is 48.9 Å². The molecule has 1 amide bonds. The number of esters is 1. The van der Waals surface area contributed by atoms with Crippen molar-refractivity contribution < 1.29 is 37.4 Å². The van der Waals surface area contributed by atoms with Crippen molar-refractivity contribution in [3.05, 3.63) is 24.8 Å². The largest absolute Gasteiger partial charge is 0.478 e. The number of carbonyl (C=O) groups is 3. The lowest BCUT2D eigenvalue weighted by Crippen LogP contribution is -2.66. The zero-order valence-electron chi connectivity index (χ0n) is 16.0. The van der Waals surface area contributed by atoms with Gasteiger partial charge in [0, 0.05) is 5.54 Å². The first-order valence-electron chi connectivity index (χ1n) is 9.66. The molecule has 0 saturated heterocycles. The smallest absolute Gasteiger partial charge is 0.471 e. The molecular formula is C20H18F3I2NO5. The first-order valence-corrected chi connectivity index (χ1v) is 11.8. The van der Waals surface area contributed by atoms with Gasteiger partial charge in [0.05, 0.1) is 18.1 Å². The molecule has 0 radical (unpaired) electrons. The van der Waals surface area contributed by atoms with E-state index in [4.69, 9.17) is 4.74 Å². The molecule has 0 aromatic heterocycles. The molecule has 0 spiro atoms. The summed E-state index contributed by atoms with van der Waals surface area (Å²) in [5, 5.41) is 11.4. The van der Waals surface area contributed by atoms with Crippen LogP contribution in [-0.2, 0) is 9.59 Å². The molecule has 11 heteroatoms. The fraction of sp³-hybridized carbons (Fsp3) is 0.550. The molecule has 31 heavy (non-hydrogen) atoms. The van der Waals surface area contributed by atoms with Crippen molar-refractivity contribution in [3.8, 4) is 5.75 Å². The SMILES string of the molecule is O=C(O)c1cc(I)c(OC(=O)C23CC4CC(CC(NC(=O)C(F)(F)F)(C4)C2)C3)c(I)c1. The van der Waals surface area contributed by atoms with E-state index in [1.807, 2.05) is 45.2 Å². The molecule has 4 bridgehead atoms. The Hall–Kier alpha value is -1.12. The zero-order chi connectivity index (χ0) is 22.8. The number of nitrogens with one attached hydrogen (secondary N) is 1. The number of ether oxygens (including phenoxy) is 1. The van der Waals surface area contributed by atoms with Crippen molar-refractivity contribution in [2.75, 3.05) is 0 Å². The lowest BCUT2D eigenvalue weighted by Gasteiger charge is -2.60. The lowest BCUT2D eigenvalue weighted by atomic mass is 9.47. The van der Waals surface area contributed by atoms with Gasteiger partial charge in [-0.1, -0.05) is 0 Å². The van der Waals surface area contributed by atoms with Crippen LogP contribution in [0.5, 0.6) is 5.75 Å². The van der Waals surface area contributed by atoms with Crippen LogP contribution in [0.25, 0.3) is 0 Å². The number of hydrogen-bond acceptors (Lipinski definition) is 4. The summed E-state index contributed by atoms with van der Waals surface area (Å²) in [4.78, 5) is 36.3. The van der Waals surface area contributed by atoms with Crippen LogP contribution < -0.4 is 10.1 Å². The number of carboxylic acid groups (broad SMARTS) is 1. The van der Waals surface area contributed by atoms with E-state index < -0.39 is 35.0 Å². The highest BCUT2D eigenvalue weighted by atomic mass is 127. The summed E-state index contributed by atoms with van der Waals surface area (Å²) in [6.07, 6.45) is -2.12. The van der Waals surface area contributed by atoms with Crippen LogP contribution in [0, 0.1) is 24.4 Å². The first kappa shape index (κ1) is 23.1. The molecule has 4 saturated carbocycles. The molecule has 4 aliphatic carbocycles. The minimum Gasteiger partial charge on any atom is -0.478 e. The first-order chi connectivity index (χ1) is 14.3. The predicted octanol–water partition coefficient (Wildman–Crippen LogP) is 4.52. The molecule has 5 rings (SSSR count). The minimum atomic E-state index is -4.98. The molecule has 0 heterocycles. The number of carbonyl (C=O) groups excluding carboxylic acids is 2. The Balaban J connectivity index is 1.60. The molecule has 2 N–H and O–H groups in total. The number of amides is 1. The second-order valence-electron chi connectivity index (χ2n) is 8.94. The predicted molar refractivity (Wildman–Crippen MR) is 119 cm³/mol. The fourth-order valence-electron chi connectivity index (χ4n) is 5.94. The highest BCUT2D eigenvalue weighted by molar-refractivity contribution is 14.1. The quantitative estimate of drug-likeness (QED) is 0.281. The number of alkyl halides is 3. The lowest BCUT2D eigenvalue weighted by molar-refractivity contribution is -0.184. The van der Waals surface area contributed by atoms with Gasteiger partial charge in [-0.05, 0) is 108 Å². The Kier molecular flexibility index (Phi) is 5.75. The summed E-state index contributed by atoms with van der Waals surface area (Å²) in [6, 6.07) is 2.80. The number of carboxylic acids is 1. The number of benzene rings is 1. The zero-order valence-corrected chi connectivity index (χ0v) is 20.3. The third-order valence-corrected chi connectivity index (χ3v) is 8.17. The molecule has 0 aliphatic heterocycles. The molecule has 168 valence electrons. The van der Waals surface area contributed by atoms with Crippen molar-refractivity contribution in [2.45, 2.75) is 50.2 Å². The highest BCUT2D eigenvalue weighted by Crippen LogP contribution is 2.62. The number of aromatic carboxylic acids is 1. The average molecular weight is 663 g/mol.